The van der Waals surface area contributed by atoms with E-state index in [1.807, 2.05) is 24.3 Å². The summed E-state index contributed by atoms with van der Waals surface area (Å²) in [5, 5.41) is 20.7. The number of phenolic OH excluding ortho intramolecular Hbond substituents is 1. The molecule has 5 rings (SSSR count). The SMILES string of the molecule is [B]c1cnn2c(NCc3cccc(NC(=O)c4ccco4)c3)cc(-c3ccccc3O)nc12. The molecule has 0 aliphatic heterocycles. The minimum absolute atomic E-state index is 0.124. The minimum Gasteiger partial charge on any atom is -0.507 e. The third-order valence-electron chi connectivity index (χ3n) is 5.08. The Balaban J connectivity index is 1.41. The fourth-order valence-electron chi connectivity index (χ4n) is 3.49. The second-order valence-electron chi connectivity index (χ2n) is 7.36. The Hall–Kier alpha value is -4.53. The van der Waals surface area contributed by atoms with Gasteiger partial charge in [0.15, 0.2) is 11.4 Å². The van der Waals surface area contributed by atoms with Crippen molar-refractivity contribution >= 4 is 36.4 Å². The van der Waals surface area contributed by atoms with Crippen molar-refractivity contribution < 1.29 is 14.3 Å². The van der Waals surface area contributed by atoms with E-state index in [-0.39, 0.29) is 17.4 Å². The molecule has 3 aromatic heterocycles. The van der Waals surface area contributed by atoms with Crippen molar-refractivity contribution in [3.63, 3.8) is 0 Å². The number of para-hydroxylation sites is 1. The number of rotatable bonds is 6. The highest BCUT2D eigenvalue weighted by Gasteiger charge is 2.13. The van der Waals surface area contributed by atoms with Crippen molar-refractivity contribution in [1.82, 2.24) is 14.6 Å². The number of furan rings is 1. The number of aromatic hydroxyl groups is 1. The van der Waals surface area contributed by atoms with Gasteiger partial charge in [-0.25, -0.2) is 4.98 Å². The second kappa shape index (κ2) is 8.54. The van der Waals surface area contributed by atoms with Gasteiger partial charge in [0.05, 0.1) is 12.0 Å². The zero-order valence-electron chi connectivity index (χ0n) is 17.4. The number of anilines is 2. The Morgan fingerprint density at radius 3 is 2.79 bits per heavy atom. The van der Waals surface area contributed by atoms with Gasteiger partial charge in [0.1, 0.15) is 19.4 Å². The van der Waals surface area contributed by atoms with Gasteiger partial charge in [-0.15, -0.1) is 0 Å². The zero-order valence-corrected chi connectivity index (χ0v) is 17.4. The predicted molar refractivity (Wildman–Crippen MR) is 126 cm³/mol. The lowest BCUT2D eigenvalue weighted by Gasteiger charge is -2.12. The van der Waals surface area contributed by atoms with E-state index in [1.54, 1.807) is 47.0 Å². The van der Waals surface area contributed by atoms with Crippen LogP contribution >= 0.6 is 0 Å². The van der Waals surface area contributed by atoms with E-state index in [0.29, 0.717) is 40.4 Å². The van der Waals surface area contributed by atoms with Crippen LogP contribution in [0.25, 0.3) is 16.9 Å². The summed E-state index contributed by atoms with van der Waals surface area (Å²) >= 11 is 0. The molecule has 160 valence electrons. The smallest absolute Gasteiger partial charge is 0.291 e. The maximum absolute atomic E-state index is 12.2. The van der Waals surface area contributed by atoms with Crippen LogP contribution in [-0.4, -0.2) is 33.5 Å². The van der Waals surface area contributed by atoms with Gasteiger partial charge in [-0.3, -0.25) is 4.79 Å². The Kier molecular flexibility index (Phi) is 5.28. The molecule has 1 amide bonds. The summed E-state index contributed by atoms with van der Waals surface area (Å²) in [5.74, 6) is 0.698. The number of aromatic nitrogens is 3. The molecule has 0 atom stereocenters. The van der Waals surface area contributed by atoms with Crippen LogP contribution < -0.4 is 16.1 Å². The standard InChI is InChI=1S/C24H18BN5O3/c25-18-14-27-30-22(12-19(29-23(18)30)17-7-1-2-8-20(17)31)26-13-15-5-3-6-16(11-15)28-24(32)21-9-4-10-33-21/h1-12,14,26,31H,13H2,(H,28,32). The Morgan fingerprint density at radius 1 is 1.09 bits per heavy atom. The summed E-state index contributed by atoms with van der Waals surface area (Å²) in [6.07, 6.45) is 2.99. The lowest BCUT2D eigenvalue weighted by Crippen LogP contribution is -2.12. The van der Waals surface area contributed by atoms with Crippen molar-refractivity contribution in [2.75, 3.05) is 10.6 Å². The van der Waals surface area contributed by atoms with Crippen molar-refractivity contribution in [2.24, 2.45) is 0 Å². The van der Waals surface area contributed by atoms with Crippen LogP contribution in [0.2, 0.25) is 0 Å². The van der Waals surface area contributed by atoms with Crippen LogP contribution in [0.5, 0.6) is 5.75 Å². The molecule has 3 heterocycles. The Labute approximate surface area is 190 Å². The summed E-state index contributed by atoms with van der Waals surface area (Å²) in [5.41, 5.74) is 3.65. The Bertz CT molecular complexity index is 1450. The van der Waals surface area contributed by atoms with E-state index in [2.05, 4.69) is 20.7 Å². The molecule has 2 aromatic carbocycles. The fraction of sp³-hybridized carbons (Fsp3) is 0.0417. The molecule has 0 aliphatic carbocycles. The van der Waals surface area contributed by atoms with Gasteiger partial charge in [-0.1, -0.05) is 24.3 Å². The zero-order chi connectivity index (χ0) is 22.8. The van der Waals surface area contributed by atoms with Gasteiger partial charge in [0, 0.05) is 30.1 Å². The maximum atomic E-state index is 12.2. The molecular weight excluding hydrogens is 417 g/mol. The molecule has 9 heteroatoms. The lowest BCUT2D eigenvalue weighted by atomic mass is 10.0. The predicted octanol–water partition coefficient (Wildman–Crippen LogP) is 3.35. The van der Waals surface area contributed by atoms with Gasteiger partial charge in [-0.05, 0) is 47.4 Å². The molecule has 0 saturated carbocycles. The topological polar surface area (TPSA) is 105 Å². The number of benzene rings is 2. The number of nitrogens with zero attached hydrogens (tertiary/aromatic N) is 3. The molecule has 2 radical (unpaired) electrons. The van der Waals surface area contributed by atoms with Crippen LogP contribution in [0.1, 0.15) is 16.1 Å². The summed E-state index contributed by atoms with van der Waals surface area (Å²) in [4.78, 5) is 16.8. The molecule has 0 bridgehead atoms. The van der Waals surface area contributed by atoms with Gasteiger partial charge in [-0.2, -0.15) is 9.61 Å². The van der Waals surface area contributed by atoms with Crippen LogP contribution in [0.4, 0.5) is 11.5 Å². The van der Waals surface area contributed by atoms with Gasteiger partial charge in [0.2, 0.25) is 0 Å². The monoisotopic (exact) mass is 435 g/mol. The molecule has 5 aromatic rings. The molecule has 3 N–H and O–H groups in total. The van der Waals surface area contributed by atoms with Gasteiger partial charge in [0.25, 0.3) is 5.91 Å². The fourth-order valence-corrected chi connectivity index (χ4v) is 3.49. The maximum Gasteiger partial charge on any atom is 0.291 e. The van der Waals surface area contributed by atoms with Crippen LogP contribution in [-0.2, 0) is 6.54 Å². The normalized spacial score (nSPS) is 10.9. The molecule has 0 aliphatic rings. The number of nitrogens with one attached hydrogen (secondary N) is 2. The first kappa shape index (κ1) is 20.4. The third kappa shape index (κ3) is 4.16. The minimum atomic E-state index is -0.319. The average molecular weight is 435 g/mol. The number of carbonyl (C=O) groups is 1. The molecule has 33 heavy (non-hydrogen) atoms. The van der Waals surface area contributed by atoms with Crippen molar-refractivity contribution in [2.45, 2.75) is 6.54 Å². The van der Waals surface area contributed by atoms with Gasteiger partial charge < -0.3 is 20.2 Å². The summed E-state index contributed by atoms with van der Waals surface area (Å²) in [6, 6.07) is 19.5. The number of carbonyl (C=O) groups excluding carboxylic acids is 1. The van der Waals surface area contributed by atoms with Crippen molar-refractivity contribution in [3.05, 3.63) is 90.5 Å². The summed E-state index contributed by atoms with van der Waals surface area (Å²) in [7, 11) is 6.06. The summed E-state index contributed by atoms with van der Waals surface area (Å²) < 4.78 is 6.75. The van der Waals surface area contributed by atoms with Crippen LogP contribution in [0.3, 0.4) is 0 Å². The number of phenols is 1. The first-order valence-corrected chi connectivity index (χ1v) is 10.2. The molecule has 8 nitrogen and oxygen atoms in total. The highest BCUT2D eigenvalue weighted by molar-refractivity contribution is 6.36. The van der Waals surface area contributed by atoms with Crippen LogP contribution in [0.15, 0.2) is 83.6 Å². The van der Waals surface area contributed by atoms with Crippen LogP contribution in [0, 0.1) is 0 Å². The first-order valence-electron chi connectivity index (χ1n) is 10.2. The number of hydrogen-bond acceptors (Lipinski definition) is 6. The van der Waals surface area contributed by atoms with E-state index in [1.165, 1.54) is 12.5 Å². The number of fused-ring (bicyclic) bond motifs is 1. The van der Waals surface area contributed by atoms with E-state index in [9.17, 15) is 9.90 Å². The van der Waals surface area contributed by atoms with E-state index in [0.717, 1.165) is 5.56 Å². The average Bonchev–Trinajstić information content (AvgIpc) is 3.49. The molecule has 0 unspecified atom stereocenters. The van der Waals surface area contributed by atoms with E-state index >= 15 is 0 Å². The molecular formula is C24H18BN5O3. The third-order valence-corrected chi connectivity index (χ3v) is 5.08. The number of hydrogen-bond donors (Lipinski definition) is 3. The van der Waals surface area contributed by atoms with Gasteiger partial charge >= 0.3 is 0 Å². The van der Waals surface area contributed by atoms with E-state index in [4.69, 9.17) is 12.3 Å². The number of amides is 1. The quantitative estimate of drug-likeness (QED) is 0.354. The van der Waals surface area contributed by atoms with E-state index < -0.39 is 0 Å². The largest absolute Gasteiger partial charge is 0.507 e. The second-order valence-corrected chi connectivity index (χ2v) is 7.36. The molecule has 0 saturated heterocycles. The highest BCUT2D eigenvalue weighted by Crippen LogP contribution is 2.29. The molecule has 0 spiro atoms. The lowest BCUT2D eigenvalue weighted by molar-refractivity contribution is 0.0996. The summed E-state index contributed by atoms with van der Waals surface area (Å²) in [6.45, 7) is 0.448. The molecule has 0 fully saturated rings. The van der Waals surface area contributed by atoms with Crippen molar-refractivity contribution in [1.29, 1.82) is 0 Å². The van der Waals surface area contributed by atoms with Crippen molar-refractivity contribution in [3.8, 4) is 17.0 Å². The Morgan fingerprint density at radius 2 is 1.97 bits per heavy atom. The highest BCUT2D eigenvalue weighted by atomic mass is 16.3. The first-order chi connectivity index (χ1) is 16.1.